The Labute approximate surface area is 129 Å². The first-order valence-corrected chi connectivity index (χ1v) is 7.88. The number of H-pyrrole nitrogens is 1. The Kier molecular flexibility index (Phi) is 4.42. The van der Waals surface area contributed by atoms with Crippen LogP contribution >= 0.6 is 0 Å². The maximum absolute atomic E-state index is 11.8. The van der Waals surface area contributed by atoms with Crippen LogP contribution in [-0.2, 0) is 16.0 Å². The number of nitrogens with one attached hydrogen (secondary N) is 3. The van der Waals surface area contributed by atoms with Gasteiger partial charge in [-0.25, -0.2) is 0 Å². The Hall–Kier alpha value is -2.30. The highest BCUT2D eigenvalue weighted by Gasteiger charge is 2.21. The molecule has 22 heavy (non-hydrogen) atoms. The molecule has 3 rings (SSSR count). The molecule has 0 aliphatic heterocycles. The summed E-state index contributed by atoms with van der Waals surface area (Å²) in [5.41, 5.74) is 2.23. The average molecular weight is 299 g/mol. The minimum atomic E-state index is -0.535. The van der Waals surface area contributed by atoms with Crippen LogP contribution in [-0.4, -0.2) is 29.4 Å². The molecule has 0 bridgehead atoms. The predicted octanol–water partition coefficient (Wildman–Crippen LogP) is 1.89. The zero-order valence-corrected chi connectivity index (χ0v) is 12.5. The van der Waals surface area contributed by atoms with Crippen LogP contribution in [0.1, 0.15) is 31.2 Å². The number of hydrogen-bond donors (Lipinski definition) is 3. The number of amides is 2. The van der Waals surface area contributed by atoms with Crippen LogP contribution in [0.15, 0.2) is 30.5 Å². The summed E-state index contributed by atoms with van der Waals surface area (Å²) >= 11 is 0. The number of fused-ring (bicyclic) bond motifs is 1. The number of hydrogen-bond acceptors (Lipinski definition) is 2. The van der Waals surface area contributed by atoms with Gasteiger partial charge in [0.05, 0.1) is 0 Å². The van der Waals surface area contributed by atoms with Gasteiger partial charge >= 0.3 is 11.8 Å². The lowest BCUT2D eigenvalue weighted by Crippen LogP contribution is -2.44. The summed E-state index contributed by atoms with van der Waals surface area (Å²) in [5.74, 6) is -1.04. The van der Waals surface area contributed by atoms with E-state index in [0.29, 0.717) is 13.0 Å². The largest absolute Gasteiger partial charge is 0.361 e. The van der Waals surface area contributed by atoms with E-state index in [2.05, 4.69) is 21.7 Å². The Balaban J connectivity index is 1.48. The molecule has 0 spiro atoms. The minimum absolute atomic E-state index is 0.173. The fraction of sp³-hybridized carbons (Fsp3) is 0.412. The first-order valence-electron chi connectivity index (χ1n) is 7.88. The maximum atomic E-state index is 11.8. The molecule has 0 radical (unpaired) electrons. The van der Waals surface area contributed by atoms with Crippen LogP contribution in [0.25, 0.3) is 10.9 Å². The van der Waals surface area contributed by atoms with Gasteiger partial charge in [-0.3, -0.25) is 9.59 Å². The second-order valence-electron chi connectivity index (χ2n) is 5.82. The normalized spacial score (nSPS) is 15.1. The van der Waals surface area contributed by atoms with Gasteiger partial charge in [-0.05, 0) is 30.9 Å². The number of carbonyl (C=O) groups excluding carboxylic acids is 2. The summed E-state index contributed by atoms with van der Waals surface area (Å²) < 4.78 is 0. The summed E-state index contributed by atoms with van der Waals surface area (Å²) in [6.45, 7) is 0.457. The topological polar surface area (TPSA) is 74.0 Å². The van der Waals surface area contributed by atoms with Crippen molar-refractivity contribution in [1.29, 1.82) is 0 Å². The van der Waals surface area contributed by atoms with Crippen LogP contribution in [0.3, 0.4) is 0 Å². The first-order chi connectivity index (χ1) is 10.7. The van der Waals surface area contributed by atoms with Gasteiger partial charge < -0.3 is 15.6 Å². The maximum Gasteiger partial charge on any atom is 0.309 e. The molecule has 1 saturated carbocycles. The van der Waals surface area contributed by atoms with E-state index in [1.165, 1.54) is 0 Å². The fourth-order valence-corrected chi connectivity index (χ4v) is 3.05. The predicted molar refractivity (Wildman–Crippen MR) is 85.4 cm³/mol. The van der Waals surface area contributed by atoms with Gasteiger partial charge in [0.15, 0.2) is 0 Å². The third-order valence-electron chi connectivity index (χ3n) is 4.25. The van der Waals surface area contributed by atoms with Crippen molar-refractivity contribution in [3.05, 3.63) is 36.0 Å². The molecular weight excluding hydrogens is 278 g/mol. The minimum Gasteiger partial charge on any atom is -0.361 e. The van der Waals surface area contributed by atoms with Crippen LogP contribution in [0.5, 0.6) is 0 Å². The zero-order valence-electron chi connectivity index (χ0n) is 12.5. The average Bonchev–Trinajstić information content (AvgIpc) is 3.17. The summed E-state index contributed by atoms with van der Waals surface area (Å²) in [7, 11) is 0. The highest BCUT2D eigenvalue weighted by molar-refractivity contribution is 6.35. The van der Waals surface area contributed by atoms with E-state index in [4.69, 9.17) is 0 Å². The molecule has 1 aromatic carbocycles. The van der Waals surface area contributed by atoms with Crippen molar-refractivity contribution in [2.24, 2.45) is 0 Å². The Morgan fingerprint density at radius 3 is 2.73 bits per heavy atom. The molecule has 1 aliphatic rings. The summed E-state index contributed by atoms with van der Waals surface area (Å²) in [4.78, 5) is 26.8. The van der Waals surface area contributed by atoms with Gasteiger partial charge in [-0.1, -0.05) is 31.0 Å². The van der Waals surface area contributed by atoms with Gasteiger partial charge in [0.25, 0.3) is 0 Å². The van der Waals surface area contributed by atoms with E-state index in [9.17, 15) is 9.59 Å². The van der Waals surface area contributed by atoms with Gasteiger partial charge in [0.1, 0.15) is 0 Å². The van der Waals surface area contributed by atoms with Crippen LogP contribution in [0.2, 0.25) is 0 Å². The number of benzene rings is 1. The van der Waals surface area contributed by atoms with Crippen molar-refractivity contribution >= 4 is 22.7 Å². The van der Waals surface area contributed by atoms with Gasteiger partial charge in [0.2, 0.25) is 0 Å². The van der Waals surface area contributed by atoms with Crippen molar-refractivity contribution in [3.63, 3.8) is 0 Å². The number of aromatic nitrogens is 1. The molecule has 3 N–H and O–H groups in total. The van der Waals surface area contributed by atoms with Crippen molar-refractivity contribution in [1.82, 2.24) is 15.6 Å². The monoisotopic (exact) mass is 299 g/mol. The smallest absolute Gasteiger partial charge is 0.309 e. The van der Waals surface area contributed by atoms with Crippen molar-refractivity contribution in [3.8, 4) is 0 Å². The molecule has 1 fully saturated rings. The van der Waals surface area contributed by atoms with Gasteiger partial charge in [-0.2, -0.15) is 0 Å². The van der Waals surface area contributed by atoms with Gasteiger partial charge in [-0.15, -0.1) is 0 Å². The summed E-state index contributed by atoms with van der Waals surface area (Å²) in [6, 6.07) is 8.22. The third kappa shape index (κ3) is 3.30. The van der Waals surface area contributed by atoms with Crippen molar-refractivity contribution in [2.75, 3.05) is 6.54 Å². The molecule has 1 heterocycles. The second-order valence-corrected chi connectivity index (χ2v) is 5.82. The van der Waals surface area contributed by atoms with Crippen LogP contribution < -0.4 is 10.6 Å². The van der Waals surface area contributed by atoms with Crippen LogP contribution in [0, 0.1) is 0 Å². The van der Waals surface area contributed by atoms with Crippen molar-refractivity contribution in [2.45, 2.75) is 38.1 Å². The summed E-state index contributed by atoms with van der Waals surface area (Å²) in [6.07, 6.45) is 6.88. The highest BCUT2D eigenvalue weighted by Crippen LogP contribution is 2.18. The third-order valence-corrected chi connectivity index (χ3v) is 4.25. The molecule has 2 aromatic rings. The zero-order chi connectivity index (χ0) is 15.4. The fourth-order valence-electron chi connectivity index (χ4n) is 3.05. The Morgan fingerprint density at radius 1 is 1.14 bits per heavy atom. The van der Waals surface area contributed by atoms with E-state index in [0.717, 1.165) is 42.1 Å². The number of para-hydroxylation sites is 1. The van der Waals surface area contributed by atoms with Crippen molar-refractivity contribution < 1.29 is 9.59 Å². The molecule has 0 atom stereocenters. The molecule has 2 amide bonds. The lowest BCUT2D eigenvalue weighted by Gasteiger charge is -2.11. The van der Waals surface area contributed by atoms with Crippen LogP contribution in [0.4, 0.5) is 0 Å². The van der Waals surface area contributed by atoms with E-state index in [1.54, 1.807) is 0 Å². The number of aromatic amines is 1. The molecule has 1 aromatic heterocycles. The van der Waals surface area contributed by atoms with E-state index in [-0.39, 0.29) is 6.04 Å². The van der Waals surface area contributed by atoms with Gasteiger partial charge in [0, 0.05) is 29.7 Å². The lowest BCUT2D eigenvalue weighted by molar-refractivity contribution is -0.139. The standard InChI is InChI=1S/C17H21N3O2/c21-16(17(22)20-13-5-1-2-6-13)18-10-9-12-11-19-15-8-4-3-7-14(12)15/h3-4,7-8,11,13,19H,1-2,5-6,9-10H2,(H,18,21)(H,20,22). The molecule has 5 heteroatoms. The Morgan fingerprint density at radius 2 is 1.91 bits per heavy atom. The van der Waals surface area contributed by atoms with E-state index < -0.39 is 11.8 Å². The van der Waals surface area contributed by atoms with E-state index >= 15 is 0 Å². The highest BCUT2D eigenvalue weighted by atomic mass is 16.2. The quantitative estimate of drug-likeness (QED) is 0.754. The first kappa shape index (κ1) is 14.6. The second kappa shape index (κ2) is 6.64. The van der Waals surface area contributed by atoms with E-state index in [1.807, 2.05) is 24.4 Å². The lowest BCUT2D eigenvalue weighted by atomic mass is 10.1. The summed E-state index contributed by atoms with van der Waals surface area (Å²) in [5, 5.41) is 6.65. The Bertz CT molecular complexity index is 671. The SMILES string of the molecule is O=C(NCCc1c[nH]c2ccccc12)C(=O)NC1CCCC1. The molecular formula is C17H21N3O2. The molecule has 116 valence electrons. The molecule has 0 saturated heterocycles. The number of rotatable bonds is 4. The molecule has 1 aliphatic carbocycles. The molecule has 5 nitrogen and oxygen atoms in total. The number of carbonyl (C=O) groups is 2. The molecule has 0 unspecified atom stereocenters.